The van der Waals surface area contributed by atoms with Crippen LogP contribution in [-0.4, -0.2) is 30.1 Å². The lowest BCUT2D eigenvalue weighted by atomic mass is 9.99. The minimum atomic E-state index is -0.398. The summed E-state index contributed by atoms with van der Waals surface area (Å²) in [5.41, 5.74) is 0. The minimum absolute atomic E-state index is 0.0972. The Labute approximate surface area is 113 Å². The zero-order valence-corrected chi connectivity index (χ0v) is 11.4. The summed E-state index contributed by atoms with van der Waals surface area (Å²) >= 11 is 3.27. The smallest absolute Gasteiger partial charge is 0.266 e. The van der Waals surface area contributed by atoms with Crippen LogP contribution in [0.3, 0.4) is 0 Å². The Hall–Kier alpha value is -1.14. The van der Waals surface area contributed by atoms with Crippen LogP contribution in [0.4, 0.5) is 5.82 Å². The summed E-state index contributed by atoms with van der Waals surface area (Å²) < 4.78 is 6.42. The number of carbonyl (C=O) groups is 1. The third-order valence-electron chi connectivity index (χ3n) is 3.34. The molecule has 2 N–H and O–H groups in total. The molecule has 0 spiro atoms. The molecule has 1 aromatic heterocycles. The maximum absolute atomic E-state index is 11.9. The molecule has 2 aliphatic rings. The van der Waals surface area contributed by atoms with Crippen molar-refractivity contribution in [3.05, 3.63) is 16.7 Å². The number of carbonyl (C=O) groups excluding carboxylic acids is 1. The molecule has 0 aliphatic carbocycles. The van der Waals surface area contributed by atoms with Gasteiger partial charge in [-0.2, -0.15) is 0 Å². The fourth-order valence-corrected chi connectivity index (χ4v) is 2.69. The van der Waals surface area contributed by atoms with Gasteiger partial charge in [-0.1, -0.05) is 0 Å². The van der Waals surface area contributed by atoms with Gasteiger partial charge in [0, 0.05) is 0 Å². The first kappa shape index (κ1) is 11.9. The fraction of sp³-hybridized carbons (Fsp3) is 0.500. The molecule has 2 aliphatic heterocycles. The zero-order chi connectivity index (χ0) is 12.5. The average molecular weight is 312 g/mol. The van der Waals surface area contributed by atoms with Gasteiger partial charge in [0.1, 0.15) is 4.60 Å². The Balaban J connectivity index is 1.74. The predicted molar refractivity (Wildman–Crippen MR) is 70.6 cm³/mol. The second-order valence-corrected chi connectivity index (χ2v) is 5.48. The largest absolute Gasteiger partial charge is 0.477 e. The molecule has 18 heavy (non-hydrogen) atoms. The van der Waals surface area contributed by atoms with Crippen LogP contribution < -0.4 is 15.4 Å². The van der Waals surface area contributed by atoms with E-state index >= 15 is 0 Å². The van der Waals surface area contributed by atoms with Gasteiger partial charge in [0.2, 0.25) is 0 Å². The van der Waals surface area contributed by atoms with E-state index in [2.05, 4.69) is 31.5 Å². The molecule has 3 rings (SSSR count). The SMILES string of the molecule is O=C1Nc2nc(Br)ccc2OC1CC1CCNC1. The molecule has 0 aromatic carbocycles. The number of fused-ring (bicyclic) bond motifs is 1. The van der Waals surface area contributed by atoms with Gasteiger partial charge in [0.25, 0.3) is 5.91 Å². The second kappa shape index (κ2) is 4.85. The van der Waals surface area contributed by atoms with E-state index in [1.165, 1.54) is 0 Å². The van der Waals surface area contributed by atoms with Gasteiger partial charge in [-0.15, -0.1) is 0 Å². The van der Waals surface area contributed by atoms with E-state index < -0.39 is 6.10 Å². The number of aromatic nitrogens is 1. The number of nitrogens with zero attached hydrogens (tertiary/aromatic N) is 1. The summed E-state index contributed by atoms with van der Waals surface area (Å²) in [6.07, 6.45) is 1.47. The first-order valence-electron chi connectivity index (χ1n) is 6.07. The van der Waals surface area contributed by atoms with Crippen LogP contribution in [0, 0.1) is 5.92 Å². The molecule has 1 saturated heterocycles. The molecule has 2 atom stereocenters. The van der Waals surface area contributed by atoms with E-state index in [4.69, 9.17) is 4.74 Å². The van der Waals surface area contributed by atoms with E-state index in [1.54, 1.807) is 0 Å². The first-order valence-corrected chi connectivity index (χ1v) is 6.86. The summed E-state index contributed by atoms with van der Waals surface area (Å²) in [6, 6.07) is 3.64. The maximum Gasteiger partial charge on any atom is 0.266 e. The highest BCUT2D eigenvalue weighted by molar-refractivity contribution is 9.10. The van der Waals surface area contributed by atoms with Crippen molar-refractivity contribution in [1.29, 1.82) is 0 Å². The summed E-state index contributed by atoms with van der Waals surface area (Å²) in [7, 11) is 0. The molecule has 1 fully saturated rings. The molecule has 0 bridgehead atoms. The predicted octanol–water partition coefficient (Wildman–Crippen LogP) is 1.54. The highest BCUT2D eigenvalue weighted by Gasteiger charge is 2.31. The van der Waals surface area contributed by atoms with Crippen molar-refractivity contribution in [3.8, 4) is 5.75 Å². The molecule has 3 heterocycles. The van der Waals surface area contributed by atoms with Crippen LogP contribution in [-0.2, 0) is 4.79 Å². The lowest BCUT2D eigenvalue weighted by Gasteiger charge is -2.26. The summed E-state index contributed by atoms with van der Waals surface area (Å²) in [6.45, 7) is 2.00. The number of nitrogens with one attached hydrogen (secondary N) is 2. The zero-order valence-electron chi connectivity index (χ0n) is 9.78. The number of ether oxygens (including phenoxy) is 1. The molecular weight excluding hydrogens is 298 g/mol. The van der Waals surface area contributed by atoms with Crippen LogP contribution in [0.25, 0.3) is 0 Å². The Bertz CT molecular complexity index is 474. The van der Waals surface area contributed by atoms with E-state index in [0.717, 1.165) is 25.9 Å². The van der Waals surface area contributed by atoms with Crippen molar-refractivity contribution >= 4 is 27.7 Å². The number of halogens is 1. The topological polar surface area (TPSA) is 63.2 Å². The fourth-order valence-electron chi connectivity index (χ4n) is 2.38. The van der Waals surface area contributed by atoms with Crippen molar-refractivity contribution < 1.29 is 9.53 Å². The van der Waals surface area contributed by atoms with Gasteiger partial charge in [0.05, 0.1) is 0 Å². The third-order valence-corrected chi connectivity index (χ3v) is 3.78. The number of amides is 1. The summed E-state index contributed by atoms with van der Waals surface area (Å²) in [4.78, 5) is 16.1. The van der Waals surface area contributed by atoms with E-state index in [9.17, 15) is 4.79 Å². The van der Waals surface area contributed by atoms with E-state index in [0.29, 0.717) is 22.1 Å². The van der Waals surface area contributed by atoms with Crippen LogP contribution in [0.5, 0.6) is 5.75 Å². The molecular formula is C12H14BrN3O2. The van der Waals surface area contributed by atoms with Gasteiger partial charge >= 0.3 is 0 Å². The van der Waals surface area contributed by atoms with Crippen LogP contribution in [0.1, 0.15) is 12.8 Å². The summed E-state index contributed by atoms with van der Waals surface area (Å²) in [5, 5.41) is 6.10. The highest BCUT2D eigenvalue weighted by atomic mass is 79.9. The van der Waals surface area contributed by atoms with Crippen molar-refractivity contribution in [2.45, 2.75) is 18.9 Å². The first-order chi connectivity index (χ1) is 8.72. The number of hydrogen-bond donors (Lipinski definition) is 2. The average Bonchev–Trinajstić information content (AvgIpc) is 2.83. The minimum Gasteiger partial charge on any atom is -0.477 e. The molecule has 1 amide bonds. The number of hydrogen-bond acceptors (Lipinski definition) is 4. The number of pyridine rings is 1. The second-order valence-electron chi connectivity index (χ2n) is 4.67. The third kappa shape index (κ3) is 2.35. The van der Waals surface area contributed by atoms with Gasteiger partial charge in [-0.25, -0.2) is 4.98 Å². The summed E-state index contributed by atoms with van der Waals surface area (Å²) in [5.74, 6) is 1.56. The number of rotatable bonds is 2. The molecule has 96 valence electrons. The van der Waals surface area contributed by atoms with Crippen LogP contribution in [0.15, 0.2) is 16.7 Å². The monoisotopic (exact) mass is 311 g/mol. The van der Waals surface area contributed by atoms with Crippen molar-refractivity contribution in [2.75, 3.05) is 18.4 Å². The van der Waals surface area contributed by atoms with Crippen LogP contribution >= 0.6 is 15.9 Å². The Morgan fingerprint density at radius 1 is 1.50 bits per heavy atom. The molecule has 0 radical (unpaired) electrons. The molecule has 2 unspecified atom stereocenters. The lowest BCUT2D eigenvalue weighted by molar-refractivity contribution is -0.124. The molecule has 0 saturated carbocycles. The van der Waals surface area contributed by atoms with Crippen molar-refractivity contribution in [3.63, 3.8) is 0 Å². The van der Waals surface area contributed by atoms with Gasteiger partial charge < -0.3 is 15.4 Å². The molecule has 1 aromatic rings. The molecule has 6 heteroatoms. The lowest BCUT2D eigenvalue weighted by Crippen LogP contribution is -2.39. The Morgan fingerprint density at radius 3 is 3.17 bits per heavy atom. The van der Waals surface area contributed by atoms with Crippen molar-refractivity contribution in [2.24, 2.45) is 5.92 Å². The van der Waals surface area contributed by atoms with Crippen LogP contribution in [0.2, 0.25) is 0 Å². The maximum atomic E-state index is 11.9. The number of anilines is 1. The quantitative estimate of drug-likeness (QED) is 0.813. The van der Waals surface area contributed by atoms with Crippen molar-refractivity contribution in [1.82, 2.24) is 10.3 Å². The van der Waals surface area contributed by atoms with Gasteiger partial charge in [-0.05, 0) is 59.9 Å². The van der Waals surface area contributed by atoms with Gasteiger partial charge in [0.15, 0.2) is 17.7 Å². The van der Waals surface area contributed by atoms with E-state index in [1.807, 2.05) is 12.1 Å². The normalized spacial score (nSPS) is 26.4. The standard InChI is InChI=1S/C12H14BrN3O2/c13-10-2-1-8-11(15-10)16-12(17)9(18-8)5-7-3-4-14-6-7/h1-2,7,9,14H,3-6H2,(H,15,16,17). The molecule has 5 nitrogen and oxygen atoms in total. The Morgan fingerprint density at radius 2 is 2.39 bits per heavy atom. The van der Waals surface area contributed by atoms with E-state index in [-0.39, 0.29) is 5.91 Å². The Kier molecular flexibility index (Phi) is 3.22. The van der Waals surface area contributed by atoms with Gasteiger partial charge in [-0.3, -0.25) is 4.79 Å². The highest BCUT2D eigenvalue weighted by Crippen LogP contribution is 2.31.